The minimum absolute atomic E-state index is 0.123. The predicted molar refractivity (Wildman–Crippen MR) is 109 cm³/mol. The normalized spacial score (nSPS) is 13.9. The predicted octanol–water partition coefficient (Wildman–Crippen LogP) is 3.26. The standard InChI is InChI=1S/C19H19ClN6O3/c1-12-2-4-13(5-3-12)23-19-25-24-18(29-19)17(27)22-14-10-15(20)16(21-11-14)26-6-8-28-9-7-26/h2-5,10-11H,6-9H2,1H3,(H,22,27)(H,23,25). The third-order valence-corrected chi connectivity index (χ3v) is 4.59. The van der Waals surface area contributed by atoms with Crippen LogP contribution < -0.4 is 15.5 Å². The molecule has 4 rings (SSSR count). The number of ether oxygens (including phenoxy) is 1. The zero-order chi connectivity index (χ0) is 20.2. The van der Waals surface area contributed by atoms with E-state index in [1.165, 1.54) is 6.20 Å². The van der Waals surface area contributed by atoms with Crippen LogP contribution in [0.5, 0.6) is 0 Å². The quantitative estimate of drug-likeness (QED) is 0.655. The highest BCUT2D eigenvalue weighted by molar-refractivity contribution is 6.33. The van der Waals surface area contributed by atoms with Gasteiger partial charge in [-0.15, -0.1) is 5.10 Å². The van der Waals surface area contributed by atoms with Crippen molar-refractivity contribution >= 4 is 40.7 Å². The van der Waals surface area contributed by atoms with Crippen LogP contribution in [0.4, 0.5) is 23.2 Å². The summed E-state index contributed by atoms with van der Waals surface area (Å²) < 4.78 is 10.7. The van der Waals surface area contributed by atoms with Crippen molar-refractivity contribution in [3.63, 3.8) is 0 Å². The summed E-state index contributed by atoms with van der Waals surface area (Å²) in [6.45, 7) is 4.70. The van der Waals surface area contributed by atoms with Crippen molar-refractivity contribution in [2.75, 3.05) is 41.8 Å². The summed E-state index contributed by atoms with van der Waals surface area (Å²) in [5.74, 6) is -0.0604. The van der Waals surface area contributed by atoms with E-state index in [1.807, 2.05) is 36.1 Å². The molecule has 0 bridgehead atoms. The van der Waals surface area contributed by atoms with Crippen molar-refractivity contribution in [1.82, 2.24) is 15.2 Å². The molecule has 0 radical (unpaired) electrons. The van der Waals surface area contributed by atoms with Gasteiger partial charge in [-0.3, -0.25) is 4.79 Å². The number of carbonyl (C=O) groups excluding carboxylic acids is 1. The first-order valence-electron chi connectivity index (χ1n) is 9.05. The Balaban J connectivity index is 1.41. The van der Waals surface area contributed by atoms with Gasteiger partial charge in [0.25, 0.3) is 0 Å². The van der Waals surface area contributed by atoms with Gasteiger partial charge in [0, 0.05) is 18.8 Å². The first-order valence-corrected chi connectivity index (χ1v) is 9.43. The van der Waals surface area contributed by atoms with Crippen molar-refractivity contribution in [3.8, 4) is 0 Å². The van der Waals surface area contributed by atoms with Crippen LogP contribution in [0.25, 0.3) is 0 Å². The number of nitrogens with one attached hydrogen (secondary N) is 2. The van der Waals surface area contributed by atoms with E-state index in [4.69, 9.17) is 20.8 Å². The molecule has 0 aliphatic carbocycles. The van der Waals surface area contributed by atoms with Crippen LogP contribution in [0.2, 0.25) is 5.02 Å². The molecule has 150 valence electrons. The molecule has 2 aromatic heterocycles. The summed E-state index contributed by atoms with van der Waals surface area (Å²) in [6.07, 6.45) is 1.54. The molecule has 1 fully saturated rings. The zero-order valence-corrected chi connectivity index (χ0v) is 16.4. The van der Waals surface area contributed by atoms with Gasteiger partial charge in [0.1, 0.15) is 5.82 Å². The van der Waals surface area contributed by atoms with Gasteiger partial charge in [0.05, 0.1) is 30.1 Å². The Morgan fingerprint density at radius 1 is 1.14 bits per heavy atom. The molecule has 10 heteroatoms. The van der Waals surface area contributed by atoms with Crippen LogP contribution in [-0.4, -0.2) is 47.4 Å². The van der Waals surface area contributed by atoms with Gasteiger partial charge in [-0.25, -0.2) is 4.98 Å². The fourth-order valence-corrected chi connectivity index (χ4v) is 3.10. The second-order valence-corrected chi connectivity index (χ2v) is 6.89. The minimum Gasteiger partial charge on any atom is -0.399 e. The van der Waals surface area contributed by atoms with E-state index in [2.05, 4.69) is 25.8 Å². The summed E-state index contributed by atoms with van der Waals surface area (Å²) in [7, 11) is 0. The van der Waals surface area contributed by atoms with Crippen LogP contribution in [0.1, 0.15) is 16.2 Å². The number of pyridine rings is 1. The number of hydrogen-bond donors (Lipinski definition) is 2. The van der Waals surface area contributed by atoms with Gasteiger partial charge in [-0.2, -0.15) is 0 Å². The molecular weight excluding hydrogens is 396 g/mol. The molecule has 0 spiro atoms. The lowest BCUT2D eigenvalue weighted by Crippen LogP contribution is -2.36. The summed E-state index contributed by atoms with van der Waals surface area (Å²) in [5, 5.41) is 13.7. The smallest absolute Gasteiger partial charge is 0.320 e. The molecule has 1 aliphatic heterocycles. The average molecular weight is 415 g/mol. The number of hydrogen-bond acceptors (Lipinski definition) is 8. The Morgan fingerprint density at radius 2 is 1.90 bits per heavy atom. The molecule has 2 N–H and O–H groups in total. The van der Waals surface area contributed by atoms with Gasteiger partial charge in [-0.1, -0.05) is 34.4 Å². The maximum Gasteiger partial charge on any atom is 0.320 e. The first kappa shape index (κ1) is 19.2. The fraction of sp³-hybridized carbons (Fsp3) is 0.263. The molecule has 0 unspecified atom stereocenters. The molecule has 1 aliphatic rings. The lowest BCUT2D eigenvalue weighted by molar-refractivity contribution is 0.0991. The summed E-state index contributed by atoms with van der Waals surface area (Å²) >= 11 is 6.34. The van der Waals surface area contributed by atoms with Crippen LogP contribution in [0.15, 0.2) is 40.9 Å². The molecule has 29 heavy (non-hydrogen) atoms. The lowest BCUT2D eigenvalue weighted by atomic mass is 10.2. The summed E-state index contributed by atoms with van der Waals surface area (Å²) in [6, 6.07) is 9.41. The van der Waals surface area contributed by atoms with Crippen LogP contribution >= 0.6 is 11.6 Å². The molecule has 9 nitrogen and oxygen atoms in total. The summed E-state index contributed by atoms with van der Waals surface area (Å²) in [4.78, 5) is 18.8. The largest absolute Gasteiger partial charge is 0.399 e. The number of aryl methyl sites for hydroxylation is 1. The maximum absolute atomic E-state index is 12.4. The van der Waals surface area contributed by atoms with Gasteiger partial charge < -0.3 is 24.7 Å². The highest BCUT2D eigenvalue weighted by atomic mass is 35.5. The zero-order valence-electron chi connectivity index (χ0n) is 15.7. The van der Waals surface area contributed by atoms with E-state index in [0.717, 1.165) is 24.3 Å². The molecule has 1 saturated heterocycles. The highest BCUT2D eigenvalue weighted by Gasteiger charge is 2.18. The molecule has 0 saturated carbocycles. The van der Waals surface area contributed by atoms with Crippen LogP contribution in [0.3, 0.4) is 0 Å². The first-order chi connectivity index (χ1) is 14.1. The SMILES string of the molecule is Cc1ccc(Nc2nnc(C(=O)Nc3cnc(N4CCOCC4)c(Cl)c3)o2)cc1. The van der Waals surface area contributed by atoms with Gasteiger partial charge in [0.2, 0.25) is 0 Å². The fourth-order valence-electron chi connectivity index (χ4n) is 2.82. The Labute approximate surface area is 172 Å². The maximum atomic E-state index is 12.4. The van der Waals surface area contributed by atoms with Gasteiger partial charge in [0.15, 0.2) is 0 Å². The third kappa shape index (κ3) is 4.64. The third-order valence-electron chi connectivity index (χ3n) is 4.31. The van der Waals surface area contributed by atoms with Crippen molar-refractivity contribution in [1.29, 1.82) is 0 Å². The number of aromatic nitrogens is 3. The molecule has 3 heterocycles. The second kappa shape index (κ2) is 8.46. The van der Waals surface area contributed by atoms with E-state index < -0.39 is 5.91 Å². The monoisotopic (exact) mass is 414 g/mol. The number of halogens is 1. The van der Waals surface area contributed by atoms with Gasteiger partial charge >= 0.3 is 17.8 Å². The van der Waals surface area contributed by atoms with Crippen molar-refractivity contribution < 1.29 is 13.9 Å². The molecule has 1 amide bonds. The van der Waals surface area contributed by atoms with E-state index in [0.29, 0.717) is 29.7 Å². The highest BCUT2D eigenvalue weighted by Crippen LogP contribution is 2.27. The number of morpholine rings is 1. The number of carbonyl (C=O) groups is 1. The second-order valence-electron chi connectivity index (χ2n) is 6.49. The van der Waals surface area contributed by atoms with E-state index in [1.54, 1.807) is 6.07 Å². The molecule has 1 aromatic carbocycles. The van der Waals surface area contributed by atoms with Crippen molar-refractivity contribution in [2.45, 2.75) is 6.92 Å². The number of benzene rings is 1. The Bertz CT molecular complexity index is 1000. The van der Waals surface area contributed by atoms with E-state index in [-0.39, 0.29) is 11.9 Å². The molecule has 0 atom stereocenters. The van der Waals surface area contributed by atoms with E-state index in [9.17, 15) is 4.79 Å². The van der Waals surface area contributed by atoms with Crippen molar-refractivity contribution in [2.24, 2.45) is 0 Å². The molecular formula is C19H19ClN6O3. The summed E-state index contributed by atoms with van der Waals surface area (Å²) in [5.41, 5.74) is 2.34. The Hall–Kier alpha value is -3.17. The Morgan fingerprint density at radius 3 is 2.62 bits per heavy atom. The molecule has 3 aromatic rings. The lowest BCUT2D eigenvalue weighted by Gasteiger charge is -2.28. The number of rotatable bonds is 5. The average Bonchev–Trinajstić information content (AvgIpc) is 3.19. The minimum atomic E-state index is -0.550. The number of amides is 1. The number of nitrogens with zero attached hydrogens (tertiary/aromatic N) is 4. The van der Waals surface area contributed by atoms with Crippen molar-refractivity contribution in [3.05, 3.63) is 53.0 Å². The van der Waals surface area contributed by atoms with E-state index >= 15 is 0 Å². The van der Waals surface area contributed by atoms with Crippen LogP contribution in [0, 0.1) is 6.92 Å². The Kier molecular flexibility index (Phi) is 5.59. The topological polar surface area (TPSA) is 105 Å². The van der Waals surface area contributed by atoms with Crippen LogP contribution in [-0.2, 0) is 4.74 Å². The van der Waals surface area contributed by atoms with Gasteiger partial charge in [-0.05, 0) is 25.1 Å². The number of anilines is 4.